The molecule has 4 aromatic rings. The molecule has 0 atom stereocenters. The van der Waals surface area contributed by atoms with Crippen LogP contribution in [0.4, 0.5) is 0 Å². The van der Waals surface area contributed by atoms with E-state index in [1.54, 1.807) is 0 Å². The zero-order valence-corrected chi connectivity index (χ0v) is 15.7. The minimum absolute atomic E-state index is 0.546. The molecule has 0 aromatic heterocycles. The second-order valence-corrected chi connectivity index (χ2v) is 6.99. The van der Waals surface area contributed by atoms with Gasteiger partial charge in [0.2, 0.25) is 0 Å². The number of benzene rings is 4. The van der Waals surface area contributed by atoms with E-state index in [9.17, 15) is 0 Å². The van der Waals surface area contributed by atoms with Crippen LogP contribution >= 0.6 is 0 Å². The summed E-state index contributed by atoms with van der Waals surface area (Å²) in [6, 6.07) is 32.4. The summed E-state index contributed by atoms with van der Waals surface area (Å²) in [5.41, 5.74) is 5.05. The lowest BCUT2D eigenvalue weighted by Gasteiger charge is -2.16. The van der Waals surface area contributed by atoms with Crippen LogP contribution < -0.4 is 0 Å². The fraction of sp³-hybridized carbons (Fsp3) is 0.0769. The van der Waals surface area contributed by atoms with E-state index in [-0.39, 0.29) is 0 Å². The smallest absolute Gasteiger partial charge is 0.0442 e. The normalized spacial score (nSPS) is 10.7. The molecule has 0 heterocycles. The van der Waals surface area contributed by atoms with Gasteiger partial charge in [0.1, 0.15) is 0 Å². The molecule has 0 radical (unpaired) electrons. The summed E-state index contributed by atoms with van der Waals surface area (Å²) in [5.74, 6) is 0. The number of hydrogen-bond donors (Lipinski definition) is 2. The van der Waals surface area contributed by atoms with Crippen LogP contribution in [0.3, 0.4) is 0 Å². The molecule has 0 amide bonds. The molecule has 0 aliphatic rings. The molecule has 0 saturated carbocycles. The standard InChI is InChI=1S/C26H22N2/c27-24(17-19-9-3-1-4-10-19)23-16-15-21-13-7-8-14-22(21)26(23)25(28)18-20-11-5-2-6-12-20/h1-16,27-28H,17-18H2. The van der Waals surface area contributed by atoms with Gasteiger partial charge in [-0.1, -0.05) is 97.1 Å². The van der Waals surface area contributed by atoms with Crippen molar-refractivity contribution >= 4 is 22.2 Å². The molecular weight excluding hydrogens is 340 g/mol. The fourth-order valence-electron chi connectivity index (χ4n) is 3.63. The van der Waals surface area contributed by atoms with Crippen LogP contribution in [0.5, 0.6) is 0 Å². The second kappa shape index (κ2) is 8.01. The molecule has 0 saturated heterocycles. The second-order valence-electron chi connectivity index (χ2n) is 6.99. The van der Waals surface area contributed by atoms with Crippen molar-refractivity contribution in [1.29, 1.82) is 10.8 Å². The molecule has 0 bridgehead atoms. The zero-order chi connectivity index (χ0) is 19.3. The highest BCUT2D eigenvalue weighted by molar-refractivity contribution is 6.18. The summed E-state index contributed by atoms with van der Waals surface area (Å²) in [4.78, 5) is 0. The van der Waals surface area contributed by atoms with Gasteiger partial charge in [-0.05, 0) is 21.9 Å². The lowest BCUT2D eigenvalue weighted by atomic mass is 9.89. The molecule has 0 spiro atoms. The quantitative estimate of drug-likeness (QED) is 0.392. The van der Waals surface area contributed by atoms with E-state index in [0.717, 1.165) is 33.0 Å². The Labute approximate surface area is 165 Å². The minimum atomic E-state index is 0.546. The summed E-state index contributed by atoms with van der Waals surface area (Å²) in [6.45, 7) is 0. The first-order valence-corrected chi connectivity index (χ1v) is 9.47. The van der Waals surface area contributed by atoms with Crippen LogP contribution in [0.1, 0.15) is 22.3 Å². The molecule has 136 valence electrons. The van der Waals surface area contributed by atoms with Crippen LogP contribution in [-0.4, -0.2) is 11.4 Å². The fourth-order valence-corrected chi connectivity index (χ4v) is 3.63. The van der Waals surface area contributed by atoms with E-state index in [0.29, 0.717) is 24.3 Å². The van der Waals surface area contributed by atoms with Gasteiger partial charge in [0.05, 0.1) is 0 Å². The van der Waals surface area contributed by atoms with E-state index in [1.807, 2.05) is 66.7 Å². The average molecular weight is 362 g/mol. The Balaban J connectivity index is 1.77. The Morgan fingerprint density at radius 2 is 1.07 bits per heavy atom. The molecule has 4 aromatic carbocycles. The average Bonchev–Trinajstić information content (AvgIpc) is 2.74. The van der Waals surface area contributed by atoms with Crippen LogP contribution in [0, 0.1) is 10.8 Å². The first-order chi connectivity index (χ1) is 13.7. The highest BCUT2D eigenvalue weighted by Crippen LogP contribution is 2.25. The first-order valence-electron chi connectivity index (χ1n) is 9.47. The van der Waals surface area contributed by atoms with Crippen molar-refractivity contribution < 1.29 is 0 Å². The van der Waals surface area contributed by atoms with E-state index < -0.39 is 0 Å². The van der Waals surface area contributed by atoms with Gasteiger partial charge >= 0.3 is 0 Å². The predicted octanol–water partition coefficient (Wildman–Crippen LogP) is 6.06. The zero-order valence-electron chi connectivity index (χ0n) is 15.7. The summed E-state index contributed by atoms with van der Waals surface area (Å²) >= 11 is 0. The maximum absolute atomic E-state index is 8.87. The topological polar surface area (TPSA) is 47.7 Å². The molecule has 0 aliphatic heterocycles. The van der Waals surface area contributed by atoms with Gasteiger partial charge in [0, 0.05) is 35.4 Å². The summed E-state index contributed by atoms with van der Waals surface area (Å²) in [7, 11) is 0. The van der Waals surface area contributed by atoms with E-state index in [1.165, 1.54) is 0 Å². The van der Waals surface area contributed by atoms with Crippen molar-refractivity contribution in [3.63, 3.8) is 0 Å². The molecule has 2 heteroatoms. The van der Waals surface area contributed by atoms with Gasteiger partial charge in [-0.15, -0.1) is 0 Å². The third-order valence-corrected chi connectivity index (χ3v) is 5.00. The van der Waals surface area contributed by atoms with Gasteiger partial charge in [-0.2, -0.15) is 0 Å². The molecule has 28 heavy (non-hydrogen) atoms. The summed E-state index contributed by atoms with van der Waals surface area (Å²) in [6.07, 6.45) is 1.12. The maximum Gasteiger partial charge on any atom is 0.0442 e. The lowest BCUT2D eigenvalue weighted by Crippen LogP contribution is -2.14. The van der Waals surface area contributed by atoms with Crippen LogP contribution in [0.25, 0.3) is 10.8 Å². The first kappa shape index (κ1) is 17.9. The van der Waals surface area contributed by atoms with E-state index >= 15 is 0 Å². The summed E-state index contributed by atoms with van der Waals surface area (Å²) < 4.78 is 0. The van der Waals surface area contributed by atoms with Crippen molar-refractivity contribution in [2.45, 2.75) is 12.8 Å². The maximum atomic E-state index is 8.87. The third-order valence-electron chi connectivity index (χ3n) is 5.00. The number of rotatable bonds is 6. The van der Waals surface area contributed by atoms with Gasteiger partial charge in [-0.3, -0.25) is 0 Å². The van der Waals surface area contributed by atoms with Crippen molar-refractivity contribution in [3.8, 4) is 0 Å². The molecule has 0 fully saturated rings. The molecule has 0 aliphatic carbocycles. The SMILES string of the molecule is N=C(Cc1ccccc1)c1ccc2ccccc2c1C(=N)Cc1ccccc1. The molecule has 2 nitrogen and oxygen atoms in total. The van der Waals surface area contributed by atoms with Crippen LogP contribution in [0.15, 0.2) is 97.1 Å². The number of nitrogens with one attached hydrogen (secondary N) is 2. The summed E-state index contributed by atoms with van der Waals surface area (Å²) in [5, 5.41) is 19.8. The van der Waals surface area contributed by atoms with E-state index in [4.69, 9.17) is 10.8 Å². The molecular formula is C26H22N2. The number of hydrogen-bond acceptors (Lipinski definition) is 2. The Hall–Kier alpha value is -3.52. The van der Waals surface area contributed by atoms with Crippen LogP contribution in [0.2, 0.25) is 0 Å². The third kappa shape index (κ3) is 3.77. The highest BCUT2D eigenvalue weighted by Gasteiger charge is 2.16. The van der Waals surface area contributed by atoms with Crippen molar-refractivity contribution in [2.75, 3.05) is 0 Å². The van der Waals surface area contributed by atoms with Crippen molar-refractivity contribution in [3.05, 3.63) is 119 Å². The monoisotopic (exact) mass is 362 g/mol. The van der Waals surface area contributed by atoms with Gasteiger partial charge < -0.3 is 10.8 Å². The Kier molecular flexibility index (Phi) is 5.11. The highest BCUT2D eigenvalue weighted by atomic mass is 14.5. The minimum Gasteiger partial charge on any atom is -0.304 e. The van der Waals surface area contributed by atoms with Crippen LogP contribution in [-0.2, 0) is 12.8 Å². The molecule has 0 unspecified atom stereocenters. The van der Waals surface area contributed by atoms with Crippen molar-refractivity contribution in [2.24, 2.45) is 0 Å². The lowest BCUT2D eigenvalue weighted by molar-refractivity contribution is 1.25. The number of fused-ring (bicyclic) bond motifs is 1. The van der Waals surface area contributed by atoms with E-state index in [2.05, 4.69) is 30.3 Å². The van der Waals surface area contributed by atoms with Gasteiger partial charge in [-0.25, -0.2) is 0 Å². The Morgan fingerprint density at radius 3 is 1.71 bits per heavy atom. The Bertz CT molecular complexity index is 1130. The van der Waals surface area contributed by atoms with Gasteiger partial charge in [0.25, 0.3) is 0 Å². The molecule has 4 rings (SSSR count). The molecule has 2 N–H and O–H groups in total. The predicted molar refractivity (Wildman–Crippen MR) is 118 cm³/mol. The van der Waals surface area contributed by atoms with Crippen molar-refractivity contribution in [1.82, 2.24) is 0 Å². The Morgan fingerprint density at radius 1 is 0.536 bits per heavy atom. The van der Waals surface area contributed by atoms with Gasteiger partial charge in [0.15, 0.2) is 0 Å². The largest absolute Gasteiger partial charge is 0.304 e.